The number of hydrogen-bond donors (Lipinski definition) is 1. The molecule has 1 aliphatic heterocycles. The molecule has 1 atom stereocenters. The van der Waals surface area contributed by atoms with Crippen LogP contribution in [0.2, 0.25) is 0 Å². The van der Waals surface area contributed by atoms with Gasteiger partial charge in [-0.05, 0) is 58.4 Å². The Kier molecular flexibility index (Phi) is 4.44. The second kappa shape index (κ2) is 6.44. The molecule has 1 aliphatic rings. The molecule has 3 rings (SSSR count). The molecule has 2 amide bonds. The van der Waals surface area contributed by atoms with Gasteiger partial charge in [-0.25, -0.2) is 4.98 Å². The molecule has 0 spiro atoms. The van der Waals surface area contributed by atoms with Gasteiger partial charge in [0, 0.05) is 17.9 Å². The van der Waals surface area contributed by atoms with Crippen LogP contribution in [0.4, 0.5) is 11.5 Å². The van der Waals surface area contributed by atoms with Crippen molar-refractivity contribution in [3.8, 4) is 5.75 Å². The molecule has 0 saturated heterocycles. The van der Waals surface area contributed by atoms with Crippen LogP contribution >= 0.6 is 0 Å². The smallest absolute Gasteiger partial charge is 0.282 e. The summed E-state index contributed by atoms with van der Waals surface area (Å²) < 4.78 is 5.84. The van der Waals surface area contributed by atoms with E-state index in [-0.39, 0.29) is 6.04 Å². The van der Waals surface area contributed by atoms with E-state index in [1.54, 1.807) is 18.3 Å². The lowest BCUT2D eigenvalue weighted by molar-refractivity contribution is -0.145. The van der Waals surface area contributed by atoms with Crippen LogP contribution in [-0.4, -0.2) is 28.4 Å². The molecule has 0 aliphatic carbocycles. The maximum Gasteiger partial charge on any atom is 0.282 e. The minimum atomic E-state index is -1.67. The van der Waals surface area contributed by atoms with E-state index in [1.807, 2.05) is 45.9 Å². The molecule has 26 heavy (non-hydrogen) atoms. The van der Waals surface area contributed by atoms with Crippen LogP contribution in [0.1, 0.15) is 31.9 Å². The number of amides is 2. The molecule has 136 valence electrons. The van der Waals surface area contributed by atoms with Crippen molar-refractivity contribution in [1.82, 2.24) is 4.98 Å². The maximum atomic E-state index is 13.1. The van der Waals surface area contributed by atoms with Gasteiger partial charge in [0.15, 0.2) is 11.6 Å². The fraction of sp³-hybridized carbons (Fsp3) is 0.350. The van der Waals surface area contributed by atoms with Gasteiger partial charge in [-0.2, -0.15) is 0 Å². The Balaban J connectivity index is 1.98. The molecule has 2 heterocycles. The van der Waals surface area contributed by atoms with E-state index in [4.69, 9.17) is 4.74 Å². The monoisotopic (exact) mass is 353 g/mol. The molecule has 0 unspecified atom stereocenters. The first-order chi connectivity index (χ1) is 12.2. The van der Waals surface area contributed by atoms with E-state index >= 15 is 0 Å². The third kappa shape index (κ3) is 2.92. The summed E-state index contributed by atoms with van der Waals surface area (Å²) in [5.41, 5.74) is 1.01. The standard InChI is InChI=1S/C20H23N3O3/c1-12(2)23-17-16(7-6-10-21-17)26-20(5,19(23)25)18(24)22-15-9-8-13(3)11-14(15)4/h6-12H,1-5H3,(H,22,24)/t20-/m0/s1. The number of pyridine rings is 1. The number of fused-ring (bicyclic) bond motifs is 1. The van der Waals surface area contributed by atoms with Gasteiger partial charge in [-0.15, -0.1) is 0 Å². The number of benzene rings is 1. The average Bonchev–Trinajstić information content (AvgIpc) is 2.58. The van der Waals surface area contributed by atoms with Crippen molar-refractivity contribution in [3.63, 3.8) is 0 Å². The van der Waals surface area contributed by atoms with E-state index in [0.717, 1.165) is 11.1 Å². The number of aryl methyl sites for hydroxylation is 2. The normalized spacial score (nSPS) is 19.2. The Labute approximate surface area is 153 Å². The van der Waals surface area contributed by atoms with Gasteiger partial charge in [0.2, 0.25) is 0 Å². The first-order valence-corrected chi connectivity index (χ1v) is 8.60. The minimum Gasteiger partial charge on any atom is -0.464 e. The zero-order valence-corrected chi connectivity index (χ0v) is 15.7. The molecule has 1 N–H and O–H groups in total. The summed E-state index contributed by atoms with van der Waals surface area (Å²) in [5, 5.41) is 2.84. The SMILES string of the molecule is Cc1ccc(NC(=O)[C@]2(C)Oc3cccnc3N(C(C)C)C2=O)c(C)c1. The fourth-order valence-corrected chi connectivity index (χ4v) is 3.05. The molecular weight excluding hydrogens is 330 g/mol. The highest BCUT2D eigenvalue weighted by atomic mass is 16.5. The lowest BCUT2D eigenvalue weighted by Crippen LogP contribution is -2.62. The van der Waals surface area contributed by atoms with Gasteiger partial charge in [-0.1, -0.05) is 17.7 Å². The number of nitrogens with one attached hydrogen (secondary N) is 1. The zero-order chi connectivity index (χ0) is 19.1. The van der Waals surface area contributed by atoms with Crippen molar-refractivity contribution in [2.45, 2.75) is 46.3 Å². The first-order valence-electron chi connectivity index (χ1n) is 8.60. The molecule has 0 saturated carbocycles. The maximum absolute atomic E-state index is 13.1. The van der Waals surface area contributed by atoms with Crippen molar-refractivity contribution < 1.29 is 14.3 Å². The van der Waals surface area contributed by atoms with Gasteiger partial charge in [0.05, 0.1) is 0 Å². The van der Waals surface area contributed by atoms with Crippen LogP contribution in [0.25, 0.3) is 0 Å². The van der Waals surface area contributed by atoms with Gasteiger partial charge in [0.25, 0.3) is 17.4 Å². The second-order valence-corrected chi connectivity index (χ2v) is 7.00. The first kappa shape index (κ1) is 17.9. The summed E-state index contributed by atoms with van der Waals surface area (Å²) in [7, 11) is 0. The van der Waals surface area contributed by atoms with Crippen molar-refractivity contribution in [1.29, 1.82) is 0 Å². The van der Waals surface area contributed by atoms with Gasteiger partial charge in [-0.3, -0.25) is 14.5 Å². The Bertz CT molecular complexity index is 878. The number of aromatic nitrogens is 1. The number of hydrogen-bond acceptors (Lipinski definition) is 4. The number of ether oxygens (including phenoxy) is 1. The van der Waals surface area contributed by atoms with Crippen molar-refractivity contribution >= 4 is 23.3 Å². The largest absolute Gasteiger partial charge is 0.464 e. The molecule has 1 aromatic heterocycles. The number of rotatable bonds is 3. The Morgan fingerprint density at radius 1 is 1.27 bits per heavy atom. The van der Waals surface area contributed by atoms with Gasteiger partial charge in [0.1, 0.15) is 0 Å². The Morgan fingerprint density at radius 3 is 2.65 bits per heavy atom. The number of carbonyl (C=O) groups excluding carboxylic acids is 2. The number of carbonyl (C=O) groups is 2. The third-order valence-electron chi connectivity index (χ3n) is 4.50. The topological polar surface area (TPSA) is 71.5 Å². The second-order valence-electron chi connectivity index (χ2n) is 7.00. The highest BCUT2D eigenvalue weighted by Gasteiger charge is 2.52. The van der Waals surface area contributed by atoms with E-state index in [0.29, 0.717) is 17.3 Å². The average molecular weight is 353 g/mol. The molecule has 6 nitrogen and oxygen atoms in total. The fourth-order valence-electron chi connectivity index (χ4n) is 3.05. The molecule has 0 fully saturated rings. The van der Waals surface area contributed by atoms with Crippen LogP contribution in [0.3, 0.4) is 0 Å². The Morgan fingerprint density at radius 2 is 2.00 bits per heavy atom. The summed E-state index contributed by atoms with van der Waals surface area (Å²) >= 11 is 0. The lowest BCUT2D eigenvalue weighted by Gasteiger charge is -2.40. The zero-order valence-electron chi connectivity index (χ0n) is 15.7. The van der Waals surface area contributed by atoms with E-state index in [9.17, 15) is 9.59 Å². The van der Waals surface area contributed by atoms with Crippen LogP contribution < -0.4 is 15.0 Å². The van der Waals surface area contributed by atoms with Gasteiger partial charge >= 0.3 is 0 Å². The van der Waals surface area contributed by atoms with Crippen LogP contribution in [-0.2, 0) is 9.59 Å². The van der Waals surface area contributed by atoms with Crippen molar-refractivity contribution in [2.24, 2.45) is 0 Å². The van der Waals surface area contributed by atoms with Crippen molar-refractivity contribution in [2.75, 3.05) is 10.2 Å². The van der Waals surface area contributed by atoms with E-state index in [2.05, 4.69) is 10.3 Å². The molecule has 0 bridgehead atoms. The molecule has 6 heteroatoms. The highest BCUT2D eigenvalue weighted by Crippen LogP contribution is 2.37. The lowest BCUT2D eigenvalue weighted by atomic mass is 9.99. The van der Waals surface area contributed by atoms with Crippen LogP contribution in [0.15, 0.2) is 36.5 Å². The van der Waals surface area contributed by atoms with E-state index < -0.39 is 17.4 Å². The van der Waals surface area contributed by atoms with Gasteiger partial charge < -0.3 is 10.1 Å². The molecule has 1 aromatic carbocycles. The van der Waals surface area contributed by atoms with Crippen LogP contribution in [0, 0.1) is 13.8 Å². The summed E-state index contributed by atoms with van der Waals surface area (Å²) in [6, 6.07) is 8.99. The van der Waals surface area contributed by atoms with Crippen molar-refractivity contribution in [3.05, 3.63) is 47.7 Å². The predicted octanol–water partition coefficient (Wildman–Crippen LogP) is 3.23. The summed E-state index contributed by atoms with van der Waals surface area (Å²) in [5.74, 6) is -0.0843. The Hall–Kier alpha value is -2.89. The van der Waals surface area contributed by atoms with Crippen LogP contribution in [0.5, 0.6) is 5.75 Å². The minimum absolute atomic E-state index is 0.159. The summed E-state index contributed by atoms with van der Waals surface area (Å²) in [6.45, 7) is 9.15. The molecule has 0 radical (unpaired) electrons. The molecular formula is C20H23N3O3. The molecule has 2 aromatic rings. The summed E-state index contributed by atoms with van der Waals surface area (Å²) in [6.07, 6.45) is 1.60. The van der Waals surface area contributed by atoms with E-state index in [1.165, 1.54) is 11.8 Å². The predicted molar refractivity (Wildman–Crippen MR) is 100 cm³/mol. The highest BCUT2D eigenvalue weighted by molar-refractivity contribution is 6.19. The number of anilines is 2. The number of nitrogens with zero attached hydrogens (tertiary/aromatic N) is 2. The quantitative estimate of drug-likeness (QED) is 0.860. The third-order valence-corrected chi connectivity index (χ3v) is 4.50. The summed E-state index contributed by atoms with van der Waals surface area (Å²) in [4.78, 5) is 31.9.